The molecule has 2 aromatic carbocycles. The first kappa shape index (κ1) is 11.9. The van der Waals surface area contributed by atoms with E-state index >= 15 is 0 Å². The van der Waals surface area contributed by atoms with Crippen molar-refractivity contribution in [3.8, 4) is 0 Å². The lowest BCUT2D eigenvalue weighted by atomic mass is 10.1. The Balaban J connectivity index is 2.39. The first-order valence-electron chi connectivity index (χ1n) is 5.44. The van der Waals surface area contributed by atoms with Crippen LogP contribution in [0.3, 0.4) is 0 Å². The zero-order valence-electron chi connectivity index (χ0n) is 9.88. The fraction of sp³-hybridized carbons (Fsp3) is 0.0769. The van der Waals surface area contributed by atoms with Crippen LogP contribution in [0, 0.1) is 17.0 Å². The van der Waals surface area contributed by atoms with E-state index < -0.39 is 4.92 Å². The van der Waals surface area contributed by atoms with Crippen molar-refractivity contribution in [3.05, 3.63) is 58.1 Å². The van der Waals surface area contributed by atoms with Gasteiger partial charge in [0.25, 0.3) is 5.69 Å². The highest BCUT2D eigenvalue weighted by molar-refractivity contribution is 5.73. The van der Waals surface area contributed by atoms with Crippen LogP contribution in [0.1, 0.15) is 5.56 Å². The molecule has 0 atom stereocenters. The van der Waals surface area contributed by atoms with Gasteiger partial charge in [-0.2, -0.15) is 0 Å². The molecule has 0 saturated carbocycles. The third-order valence-corrected chi connectivity index (χ3v) is 2.63. The van der Waals surface area contributed by atoms with Crippen LogP contribution >= 0.6 is 0 Å². The summed E-state index contributed by atoms with van der Waals surface area (Å²) >= 11 is 0. The van der Waals surface area contributed by atoms with E-state index in [0.717, 1.165) is 11.3 Å². The van der Waals surface area contributed by atoms with Gasteiger partial charge in [0.05, 0.1) is 4.92 Å². The Hall–Kier alpha value is -2.56. The number of rotatable bonds is 3. The number of anilines is 3. The molecule has 0 spiro atoms. The summed E-state index contributed by atoms with van der Waals surface area (Å²) in [7, 11) is 0. The van der Waals surface area contributed by atoms with Crippen molar-refractivity contribution in [2.24, 2.45) is 0 Å². The van der Waals surface area contributed by atoms with Crippen molar-refractivity contribution in [1.82, 2.24) is 0 Å². The third-order valence-electron chi connectivity index (χ3n) is 2.63. The van der Waals surface area contributed by atoms with Crippen LogP contribution in [0.25, 0.3) is 0 Å². The lowest BCUT2D eigenvalue weighted by molar-refractivity contribution is -0.383. The fourth-order valence-electron chi connectivity index (χ4n) is 1.68. The zero-order chi connectivity index (χ0) is 13.1. The molecule has 5 heteroatoms. The number of nitrogens with zero attached hydrogens (tertiary/aromatic N) is 1. The van der Waals surface area contributed by atoms with Crippen LogP contribution in [-0.4, -0.2) is 4.92 Å². The molecule has 92 valence electrons. The molecule has 0 heterocycles. The summed E-state index contributed by atoms with van der Waals surface area (Å²) in [5.74, 6) is 0. The lowest BCUT2D eigenvalue weighted by Gasteiger charge is -2.10. The Bertz CT molecular complexity index is 579. The van der Waals surface area contributed by atoms with Crippen LogP contribution in [0.4, 0.5) is 22.7 Å². The van der Waals surface area contributed by atoms with Crippen molar-refractivity contribution >= 4 is 22.7 Å². The van der Waals surface area contributed by atoms with Crippen molar-refractivity contribution in [2.75, 3.05) is 11.1 Å². The number of nitrogens with two attached hydrogens (primary N) is 1. The van der Waals surface area contributed by atoms with Gasteiger partial charge in [0, 0.05) is 17.4 Å². The van der Waals surface area contributed by atoms with E-state index in [9.17, 15) is 10.1 Å². The highest BCUT2D eigenvalue weighted by Crippen LogP contribution is 2.30. The molecule has 0 fully saturated rings. The predicted octanol–water partition coefficient (Wildman–Crippen LogP) is 3.23. The molecule has 0 bridgehead atoms. The molecular weight excluding hydrogens is 230 g/mol. The molecule has 0 aliphatic rings. The molecule has 0 aliphatic carbocycles. The van der Waals surface area contributed by atoms with Gasteiger partial charge in [-0.15, -0.1) is 0 Å². The summed E-state index contributed by atoms with van der Waals surface area (Å²) in [6, 6.07) is 12.0. The first-order chi connectivity index (χ1) is 8.58. The second-order valence-electron chi connectivity index (χ2n) is 3.97. The van der Waals surface area contributed by atoms with E-state index in [0.29, 0.717) is 11.4 Å². The Labute approximate surface area is 104 Å². The van der Waals surface area contributed by atoms with Crippen LogP contribution in [-0.2, 0) is 0 Å². The van der Waals surface area contributed by atoms with E-state index in [-0.39, 0.29) is 5.69 Å². The molecule has 0 unspecified atom stereocenters. The van der Waals surface area contributed by atoms with Gasteiger partial charge in [-0.05, 0) is 36.8 Å². The van der Waals surface area contributed by atoms with E-state index in [1.54, 1.807) is 30.3 Å². The summed E-state index contributed by atoms with van der Waals surface area (Å²) in [4.78, 5) is 10.6. The normalized spacial score (nSPS) is 10.1. The maximum absolute atomic E-state index is 11.0. The smallest absolute Gasteiger partial charge is 0.292 e. The largest absolute Gasteiger partial charge is 0.399 e. The van der Waals surface area contributed by atoms with Gasteiger partial charge in [0.15, 0.2) is 0 Å². The molecule has 0 radical (unpaired) electrons. The number of hydrogen-bond acceptors (Lipinski definition) is 4. The first-order valence-corrected chi connectivity index (χ1v) is 5.44. The lowest BCUT2D eigenvalue weighted by Crippen LogP contribution is -1.99. The molecule has 0 aliphatic heterocycles. The summed E-state index contributed by atoms with van der Waals surface area (Å²) < 4.78 is 0. The van der Waals surface area contributed by atoms with Crippen LogP contribution in [0.15, 0.2) is 42.5 Å². The number of hydrogen-bond donors (Lipinski definition) is 2. The van der Waals surface area contributed by atoms with E-state index in [4.69, 9.17) is 5.73 Å². The maximum atomic E-state index is 11.0. The Morgan fingerprint density at radius 3 is 2.44 bits per heavy atom. The van der Waals surface area contributed by atoms with Gasteiger partial charge >= 0.3 is 0 Å². The fourth-order valence-corrected chi connectivity index (χ4v) is 1.68. The molecule has 0 aromatic heterocycles. The van der Waals surface area contributed by atoms with Gasteiger partial charge in [-0.1, -0.05) is 12.1 Å². The topological polar surface area (TPSA) is 81.2 Å². The number of nitrogen functional groups attached to an aromatic ring is 1. The van der Waals surface area contributed by atoms with Crippen molar-refractivity contribution < 1.29 is 4.92 Å². The van der Waals surface area contributed by atoms with Gasteiger partial charge in [-0.25, -0.2) is 0 Å². The summed E-state index contributed by atoms with van der Waals surface area (Å²) in [6.45, 7) is 1.83. The molecule has 2 rings (SSSR count). The minimum Gasteiger partial charge on any atom is -0.399 e. The second kappa shape index (κ2) is 4.75. The average molecular weight is 243 g/mol. The van der Waals surface area contributed by atoms with Gasteiger partial charge in [0.1, 0.15) is 5.69 Å². The van der Waals surface area contributed by atoms with Gasteiger partial charge < -0.3 is 11.1 Å². The minimum atomic E-state index is -0.396. The Kier molecular flexibility index (Phi) is 3.14. The van der Waals surface area contributed by atoms with Gasteiger partial charge in [-0.3, -0.25) is 10.1 Å². The molecule has 3 N–H and O–H groups in total. The van der Waals surface area contributed by atoms with Crippen LogP contribution < -0.4 is 11.1 Å². The summed E-state index contributed by atoms with van der Waals surface area (Å²) in [5.41, 5.74) is 8.40. The number of benzene rings is 2. The average Bonchev–Trinajstić information content (AvgIpc) is 2.34. The number of nitro benzene ring substituents is 1. The standard InChI is InChI=1S/C13H13N3O2/c1-9-3-2-4-12(16(17)18)13(9)15-11-7-5-10(14)6-8-11/h2-8,15H,14H2,1H3. The minimum absolute atomic E-state index is 0.0619. The Morgan fingerprint density at radius 1 is 1.17 bits per heavy atom. The van der Waals surface area contributed by atoms with Crippen molar-refractivity contribution in [2.45, 2.75) is 6.92 Å². The monoisotopic (exact) mass is 243 g/mol. The number of para-hydroxylation sites is 1. The number of nitrogens with one attached hydrogen (secondary N) is 1. The highest BCUT2D eigenvalue weighted by Gasteiger charge is 2.15. The third kappa shape index (κ3) is 2.40. The molecule has 2 aromatic rings. The summed E-state index contributed by atoms with van der Waals surface area (Å²) in [6.07, 6.45) is 0. The summed E-state index contributed by atoms with van der Waals surface area (Å²) in [5, 5.41) is 14.0. The molecule has 0 amide bonds. The molecule has 18 heavy (non-hydrogen) atoms. The van der Waals surface area contributed by atoms with Crippen LogP contribution in [0.2, 0.25) is 0 Å². The number of aryl methyl sites for hydroxylation is 1. The van der Waals surface area contributed by atoms with Crippen molar-refractivity contribution in [3.63, 3.8) is 0 Å². The van der Waals surface area contributed by atoms with E-state index in [1.165, 1.54) is 6.07 Å². The van der Waals surface area contributed by atoms with Gasteiger partial charge in [0.2, 0.25) is 0 Å². The second-order valence-corrected chi connectivity index (χ2v) is 3.97. The highest BCUT2D eigenvalue weighted by atomic mass is 16.6. The van der Waals surface area contributed by atoms with E-state index in [2.05, 4.69) is 5.32 Å². The van der Waals surface area contributed by atoms with Crippen molar-refractivity contribution in [1.29, 1.82) is 0 Å². The molecule has 5 nitrogen and oxygen atoms in total. The SMILES string of the molecule is Cc1cccc([N+](=O)[O-])c1Nc1ccc(N)cc1. The van der Waals surface area contributed by atoms with E-state index in [1.807, 2.05) is 13.0 Å². The maximum Gasteiger partial charge on any atom is 0.292 e. The molecule has 0 saturated heterocycles. The zero-order valence-corrected chi connectivity index (χ0v) is 9.88. The quantitative estimate of drug-likeness (QED) is 0.492. The number of nitro groups is 1. The predicted molar refractivity (Wildman–Crippen MR) is 72.0 cm³/mol. The molecular formula is C13H13N3O2. The van der Waals surface area contributed by atoms with Crippen LogP contribution in [0.5, 0.6) is 0 Å². The Morgan fingerprint density at radius 2 is 1.83 bits per heavy atom.